The van der Waals surface area contributed by atoms with Gasteiger partial charge in [-0.05, 0) is 74.2 Å². The highest BCUT2D eigenvalue weighted by Crippen LogP contribution is 2.44. The minimum absolute atomic E-state index is 0.0254. The zero-order valence-corrected chi connectivity index (χ0v) is 25.5. The highest BCUT2D eigenvalue weighted by Gasteiger charge is 2.25. The number of aromatic hydroxyl groups is 4. The number of fused-ring (bicyclic) bond motifs is 8. The molecule has 8 heteroatoms. The fourth-order valence-electron chi connectivity index (χ4n) is 5.55. The van der Waals surface area contributed by atoms with Gasteiger partial charge in [-0.2, -0.15) is 0 Å². The Bertz CT molecular complexity index is 1470. The Morgan fingerprint density at radius 1 is 0.400 bits per heavy atom. The number of phenols is 4. The van der Waals surface area contributed by atoms with Gasteiger partial charge in [0.25, 0.3) is 0 Å². The standard InChI is InChI=1S/C32H28Cl4O4/c1-13-21-5-17-10-26(34)15(3)23(30(17)38)7-19-11-28(36)16(4)24(32(19)40)8-20-12-27(35)14(2)22(31(20)39)6-18(29(21)37)9-25(13)33/h9-12,37-40H,5-8H2,1-4H3. The maximum absolute atomic E-state index is 11.5. The van der Waals surface area contributed by atoms with Crippen LogP contribution in [0.1, 0.15) is 66.8 Å². The van der Waals surface area contributed by atoms with Gasteiger partial charge in [0, 0.05) is 90.3 Å². The molecular formula is C32H28Cl4O4. The summed E-state index contributed by atoms with van der Waals surface area (Å²) in [5.74, 6) is 0.102. The molecule has 0 amide bonds. The summed E-state index contributed by atoms with van der Waals surface area (Å²) in [7, 11) is 0. The first-order valence-corrected chi connectivity index (χ1v) is 14.3. The lowest BCUT2D eigenvalue weighted by Gasteiger charge is -2.22. The lowest BCUT2D eigenvalue weighted by Crippen LogP contribution is -2.05. The number of hydrogen-bond donors (Lipinski definition) is 4. The van der Waals surface area contributed by atoms with Gasteiger partial charge in [0.2, 0.25) is 0 Å². The van der Waals surface area contributed by atoms with Crippen molar-refractivity contribution in [2.45, 2.75) is 53.4 Å². The lowest BCUT2D eigenvalue weighted by molar-refractivity contribution is 0.449. The molecule has 4 nitrogen and oxygen atoms in total. The topological polar surface area (TPSA) is 80.9 Å². The van der Waals surface area contributed by atoms with Crippen LogP contribution in [-0.4, -0.2) is 20.4 Å². The highest BCUT2D eigenvalue weighted by atomic mass is 35.5. The fourth-order valence-corrected chi connectivity index (χ4v) is 6.53. The van der Waals surface area contributed by atoms with Gasteiger partial charge in [-0.1, -0.05) is 46.4 Å². The molecule has 0 atom stereocenters. The molecule has 1 aliphatic rings. The summed E-state index contributed by atoms with van der Waals surface area (Å²) in [5, 5.41) is 47.7. The number of hydrogen-bond acceptors (Lipinski definition) is 4. The number of halogens is 4. The zero-order chi connectivity index (χ0) is 29.2. The Balaban J connectivity index is 1.87. The molecule has 0 aliphatic heterocycles. The molecule has 0 radical (unpaired) electrons. The van der Waals surface area contributed by atoms with Crippen LogP contribution >= 0.6 is 46.4 Å². The van der Waals surface area contributed by atoms with Crippen molar-refractivity contribution in [2.24, 2.45) is 0 Å². The van der Waals surface area contributed by atoms with E-state index >= 15 is 0 Å². The van der Waals surface area contributed by atoms with Gasteiger partial charge in [0.15, 0.2) is 0 Å². The molecule has 4 N–H and O–H groups in total. The van der Waals surface area contributed by atoms with Gasteiger partial charge in [-0.15, -0.1) is 0 Å². The Morgan fingerprint density at radius 3 is 0.750 bits per heavy atom. The normalized spacial score (nSPS) is 13.0. The van der Waals surface area contributed by atoms with Crippen LogP contribution in [-0.2, 0) is 25.7 Å². The third kappa shape index (κ3) is 4.75. The second-order valence-electron chi connectivity index (χ2n) is 10.6. The lowest BCUT2D eigenvalue weighted by atomic mass is 9.87. The third-order valence-corrected chi connectivity index (χ3v) is 9.85. The van der Waals surface area contributed by atoms with Crippen molar-refractivity contribution in [1.82, 2.24) is 0 Å². The third-order valence-electron chi connectivity index (χ3n) is 8.28. The average Bonchev–Trinajstić information content (AvgIpc) is 2.91. The predicted molar refractivity (Wildman–Crippen MR) is 163 cm³/mol. The van der Waals surface area contributed by atoms with Crippen molar-refractivity contribution < 1.29 is 20.4 Å². The van der Waals surface area contributed by atoms with E-state index in [1.165, 1.54) is 0 Å². The Labute approximate surface area is 253 Å². The van der Waals surface area contributed by atoms with E-state index in [1.807, 2.05) is 0 Å². The Morgan fingerprint density at radius 2 is 0.575 bits per heavy atom. The summed E-state index contributed by atoms with van der Waals surface area (Å²) >= 11 is 26.6. The number of phenolic OH excluding ortho intramolecular Hbond substituents is 4. The molecule has 4 aromatic rings. The quantitative estimate of drug-likeness (QED) is 0.140. The van der Waals surface area contributed by atoms with E-state index in [0.29, 0.717) is 86.9 Å². The van der Waals surface area contributed by atoms with E-state index in [0.717, 1.165) is 0 Å². The van der Waals surface area contributed by atoms with Crippen molar-refractivity contribution in [3.8, 4) is 23.0 Å². The number of benzene rings is 4. The predicted octanol–water partition coefficient (Wildman–Crippen LogP) is 9.03. The van der Waals surface area contributed by atoms with E-state index in [9.17, 15) is 20.4 Å². The molecule has 0 fully saturated rings. The van der Waals surface area contributed by atoms with Crippen LogP contribution in [0, 0.1) is 27.7 Å². The summed E-state index contributed by atoms with van der Waals surface area (Å²) < 4.78 is 0. The summed E-state index contributed by atoms with van der Waals surface area (Å²) in [6.07, 6.45) is 0.618. The van der Waals surface area contributed by atoms with Crippen LogP contribution in [0.4, 0.5) is 0 Å². The van der Waals surface area contributed by atoms with Gasteiger partial charge in [0.05, 0.1) is 0 Å². The van der Waals surface area contributed by atoms with Crippen molar-refractivity contribution >= 4 is 46.4 Å². The molecule has 1 aliphatic carbocycles. The van der Waals surface area contributed by atoms with Gasteiger partial charge >= 0.3 is 0 Å². The van der Waals surface area contributed by atoms with Gasteiger partial charge < -0.3 is 20.4 Å². The maximum Gasteiger partial charge on any atom is 0.123 e. The van der Waals surface area contributed by atoms with Crippen LogP contribution < -0.4 is 0 Å². The molecule has 5 rings (SSSR count). The second-order valence-corrected chi connectivity index (χ2v) is 12.2. The first-order valence-electron chi connectivity index (χ1n) is 12.8. The molecule has 40 heavy (non-hydrogen) atoms. The molecule has 208 valence electrons. The molecule has 4 aromatic carbocycles. The second kappa shape index (κ2) is 10.6. The first kappa shape index (κ1) is 28.8. The molecule has 0 aromatic heterocycles. The molecule has 8 bridgehead atoms. The SMILES string of the molecule is Cc1c(Cl)cc2c(O)c1Cc1cc(Cl)c(C)c(c1O)Cc1cc(Cl)c(C)c(c1O)Cc1cc(Cl)c(C)c(c1O)C2. The van der Waals surface area contributed by atoms with E-state index in [2.05, 4.69) is 0 Å². The first-order chi connectivity index (χ1) is 18.8. The van der Waals surface area contributed by atoms with E-state index in [-0.39, 0.29) is 48.7 Å². The fraction of sp³-hybridized carbons (Fsp3) is 0.250. The number of rotatable bonds is 0. The van der Waals surface area contributed by atoms with E-state index < -0.39 is 0 Å². The molecular weight excluding hydrogens is 590 g/mol. The van der Waals surface area contributed by atoms with Crippen molar-refractivity contribution in [3.63, 3.8) is 0 Å². The van der Waals surface area contributed by atoms with Gasteiger partial charge in [-0.25, -0.2) is 0 Å². The average molecular weight is 618 g/mol. The minimum Gasteiger partial charge on any atom is -0.507 e. The highest BCUT2D eigenvalue weighted by molar-refractivity contribution is 6.32. The summed E-state index contributed by atoms with van der Waals surface area (Å²) in [5.41, 5.74) is 6.86. The van der Waals surface area contributed by atoms with Crippen LogP contribution in [0.3, 0.4) is 0 Å². The minimum atomic E-state index is 0.0254. The summed E-state index contributed by atoms with van der Waals surface area (Å²) in [6.45, 7) is 7.23. The van der Waals surface area contributed by atoms with E-state index in [1.54, 1.807) is 52.0 Å². The summed E-state index contributed by atoms with van der Waals surface area (Å²) in [4.78, 5) is 0. The van der Waals surface area contributed by atoms with Crippen LogP contribution in [0.2, 0.25) is 20.1 Å². The van der Waals surface area contributed by atoms with Crippen LogP contribution in [0.5, 0.6) is 23.0 Å². The Kier molecular flexibility index (Phi) is 7.60. The van der Waals surface area contributed by atoms with Gasteiger partial charge in [-0.3, -0.25) is 0 Å². The molecule has 0 spiro atoms. The van der Waals surface area contributed by atoms with Crippen molar-refractivity contribution in [1.29, 1.82) is 0 Å². The van der Waals surface area contributed by atoms with Crippen LogP contribution in [0.15, 0.2) is 24.3 Å². The molecule has 0 saturated heterocycles. The van der Waals surface area contributed by atoms with Gasteiger partial charge in [0.1, 0.15) is 23.0 Å². The largest absolute Gasteiger partial charge is 0.507 e. The zero-order valence-electron chi connectivity index (χ0n) is 22.4. The van der Waals surface area contributed by atoms with Crippen molar-refractivity contribution in [3.05, 3.63) is 111 Å². The van der Waals surface area contributed by atoms with Crippen molar-refractivity contribution in [2.75, 3.05) is 0 Å². The molecule has 0 heterocycles. The van der Waals surface area contributed by atoms with E-state index in [4.69, 9.17) is 46.4 Å². The molecule has 0 unspecified atom stereocenters. The summed E-state index contributed by atoms with van der Waals surface area (Å²) in [6, 6.07) is 6.74. The Hall–Kier alpha value is -2.76. The maximum atomic E-state index is 11.5. The molecule has 0 saturated carbocycles. The smallest absolute Gasteiger partial charge is 0.123 e. The van der Waals surface area contributed by atoms with Crippen LogP contribution in [0.25, 0.3) is 0 Å². The monoisotopic (exact) mass is 616 g/mol.